The number of aryl methyl sites for hydroxylation is 1. The van der Waals surface area contributed by atoms with Crippen molar-refractivity contribution in [3.05, 3.63) is 35.5 Å². The predicted octanol–water partition coefficient (Wildman–Crippen LogP) is 1.40. The molecule has 0 radical (unpaired) electrons. The van der Waals surface area contributed by atoms with E-state index in [9.17, 15) is 4.79 Å². The van der Waals surface area contributed by atoms with E-state index in [0.29, 0.717) is 13.0 Å². The van der Waals surface area contributed by atoms with Crippen LogP contribution in [0.4, 0.5) is 0 Å². The van der Waals surface area contributed by atoms with Crippen molar-refractivity contribution in [3.63, 3.8) is 0 Å². The molecule has 0 aromatic carbocycles. The lowest BCUT2D eigenvalue weighted by Crippen LogP contribution is -2.26. The Hall–Kier alpha value is -2.15. The molecule has 1 saturated heterocycles. The van der Waals surface area contributed by atoms with Gasteiger partial charge >= 0.3 is 0 Å². The van der Waals surface area contributed by atoms with Crippen LogP contribution in [0.2, 0.25) is 0 Å². The van der Waals surface area contributed by atoms with Crippen LogP contribution < -0.4 is 0 Å². The third-order valence-corrected chi connectivity index (χ3v) is 4.63. The highest BCUT2D eigenvalue weighted by Crippen LogP contribution is 2.20. The van der Waals surface area contributed by atoms with Gasteiger partial charge in [0.05, 0.1) is 24.8 Å². The van der Waals surface area contributed by atoms with Crippen molar-refractivity contribution in [2.45, 2.75) is 45.4 Å². The van der Waals surface area contributed by atoms with Gasteiger partial charge < -0.3 is 9.32 Å². The van der Waals surface area contributed by atoms with Crippen molar-refractivity contribution in [2.24, 2.45) is 0 Å². The van der Waals surface area contributed by atoms with Gasteiger partial charge in [0.25, 0.3) is 0 Å². The molecule has 0 unspecified atom stereocenters. The number of hydrogen-bond acceptors (Lipinski definition) is 5. The van der Waals surface area contributed by atoms with Crippen LogP contribution in [0.15, 0.2) is 23.0 Å². The minimum Gasteiger partial charge on any atom is -0.472 e. The second-order valence-electron chi connectivity index (χ2n) is 6.32. The molecular formula is C16H21N5O2. The number of carbonyl (C=O) groups is 1. The molecular weight excluding hydrogens is 294 g/mol. The fourth-order valence-corrected chi connectivity index (χ4v) is 3.41. The van der Waals surface area contributed by atoms with Crippen LogP contribution in [0.5, 0.6) is 0 Å². The zero-order valence-electron chi connectivity index (χ0n) is 13.1. The Morgan fingerprint density at radius 1 is 1.17 bits per heavy atom. The maximum Gasteiger partial charge on any atom is 0.222 e. The van der Waals surface area contributed by atoms with Crippen LogP contribution >= 0.6 is 0 Å². The molecule has 0 atom stereocenters. The van der Waals surface area contributed by atoms with E-state index in [1.165, 1.54) is 5.56 Å². The first-order valence-electron chi connectivity index (χ1n) is 8.22. The highest BCUT2D eigenvalue weighted by atomic mass is 16.3. The van der Waals surface area contributed by atoms with E-state index in [-0.39, 0.29) is 5.91 Å². The first kappa shape index (κ1) is 14.4. The van der Waals surface area contributed by atoms with Crippen molar-refractivity contribution in [2.75, 3.05) is 13.1 Å². The lowest BCUT2D eigenvalue weighted by molar-refractivity contribution is -0.128. The first-order chi connectivity index (χ1) is 11.3. The smallest absolute Gasteiger partial charge is 0.222 e. The van der Waals surface area contributed by atoms with Gasteiger partial charge in [-0.15, -0.1) is 5.10 Å². The van der Waals surface area contributed by atoms with Gasteiger partial charge in [0.1, 0.15) is 5.69 Å². The van der Waals surface area contributed by atoms with E-state index < -0.39 is 0 Å². The van der Waals surface area contributed by atoms with E-state index in [1.807, 2.05) is 15.6 Å². The summed E-state index contributed by atoms with van der Waals surface area (Å²) in [5, 5.41) is 8.64. The van der Waals surface area contributed by atoms with Gasteiger partial charge in [-0.05, 0) is 18.9 Å². The third kappa shape index (κ3) is 3.01. The van der Waals surface area contributed by atoms with Crippen molar-refractivity contribution in [1.82, 2.24) is 24.8 Å². The molecule has 1 amide bonds. The molecule has 2 aliphatic heterocycles. The summed E-state index contributed by atoms with van der Waals surface area (Å²) in [6.07, 6.45) is 6.18. The van der Waals surface area contributed by atoms with Crippen LogP contribution in [-0.4, -0.2) is 43.8 Å². The molecule has 122 valence electrons. The van der Waals surface area contributed by atoms with E-state index >= 15 is 0 Å². The number of likely N-dealkylation sites (tertiary alicyclic amines) is 1. The molecule has 0 aliphatic carbocycles. The summed E-state index contributed by atoms with van der Waals surface area (Å²) in [5.74, 6) is 0.232. The largest absolute Gasteiger partial charge is 0.472 e. The van der Waals surface area contributed by atoms with E-state index in [1.54, 1.807) is 12.5 Å². The Balaban J connectivity index is 1.51. The zero-order valence-corrected chi connectivity index (χ0v) is 13.1. The molecule has 2 aromatic rings. The lowest BCUT2D eigenvalue weighted by atomic mass is 10.2. The number of nitrogens with zero attached hydrogens (tertiary/aromatic N) is 5. The molecule has 4 rings (SSSR count). The number of rotatable bonds is 4. The Labute approximate surface area is 134 Å². The number of aromatic nitrogens is 3. The molecule has 7 heteroatoms. The average Bonchev–Trinajstić information content (AvgIpc) is 3.23. The molecule has 0 bridgehead atoms. The maximum absolute atomic E-state index is 11.9. The van der Waals surface area contributed by atoms with Crippen LogP contribution in [0.1, 0.15) is 36.2 Å². The monoisotopic (exact) mass is 315 g/mol. The summed E-state index contributed by atoms with van der Waals surface area (Å²) in [6, 6.07) is 2.00. The highest BCUT2D eigenvalue weighted by molar-refractivity contribution is 5.78. The molecule has 1 fully saturated rings. The van der Waals surface area contributed by atoms with Gasteiger partial charge in [0.15, 0.2) is 0 Å². The molecule has 2 aromatic heterocycles. The topological polar surface area (TPSA) is 67.4 Å². The predicted molar refractivity (Wildman–Crippen MR) is 82.1 cm³/mol. The number of furan rings is 1. The SMILES string of the molecule is O=C1CCCN1Cc1nnn2c1CN(Cc1ccoc1)CCC2. The van der Waals surface area contributed by atoms with Crippen LogP contribution in [-0.2, 0) is 31.0 Å². The summed E-state index contributed by atoms with van der Waals surface area (Å²) in [6.45, 7) is 5.02. The summed E-state index contributed by atoms with van der Waals surface area (Å²) < 4.78 is 7.17. The summed E-state index contributed by atoms with van der Waals surface area (Å²) in [7, 11) is 0. The van der Waals surface area contributed by atoms with Gasteiger partial charge in [-0.3, -0.25) is 9.69 Å². The molecule has 23 heavy (non-hydrogen) atoms. The van der Waals surface area contributed by atoms with Gasteiger partial charge in [0.2, 0.25) is 5.91 Å². The van der Waals surface area contributed by atoms with E-state index in [2.05, 4.69) is 15.2 Å². The van der Waals surface area contributed by atoms with Crippen molar-refractivity contribution in [3.8, 4) is 0 Å². The Morgan fingerprint density at radius 3 is 2.91 bits per heavy atom. The van der Waals surface area contributed by atoms with Gasteiger partial charge in [-0.1, -0.05) is 5.21 Å². The number of hydrogen-bond donors (Lipinski definition) is 0. The average molecular weight is 315 g/mol. The fraction of sp³-hybridized carbons (Fsp3) is 0.562. The van der Waals surface area contributed by atoms with Crippen molar-refractivity contribution < 1.29 is 9.21 Å². The Kier molecular flexibility index (Phi) is 3.87. The third-order valence-electron chi connectivity index (χ3n) is 4.63. The summed E-state index contributed by atoms with van der Waals surface area (Å²) in [4.78, 5) is 16.2. The molecule has 0 saturated carbocycles. The minimum absolute atomic E-state index is 0.232. The van der Waals surface area contributed by atoms with Gasteiger partial charge in [-0.25, -0.2) is 4.68 Å². The molecule has 4 heterocycles. The standard InChI is InChI=1S/C16H21N5O2/c22-16-3-1-6-20(16)10-14-15-11-19(9-13-4-8-23-12-13)5-2-7-21(15)18-17-14/h4,8,12H,1-3,5-7,9-11H2. The Morgan fingerprint density at radius 2 is 2.13 bits per heavy atom. The molecule has 7 nitrogen and oxygen atoms in total. The van der Waals surface area contributed by atoms with E-state index in [4.69, 9.17) is 4.42 Å². The second kappa shape index (κ2) is 6.16. The maximum atomic E-state index is 11.9. The van der Waals surface area contributed by atoms with Crippen molar-refractivity contribution >= 4 is 5.91 Å². The van der Waals surface area contributed by atoms with Gasteiger partial charge in [0, 0.05) is 44.7 Å². The molecule has 0 N–H and O–H groups in total. The quantitative estimate of drug-likeness (QED) is 0.853. The normalized spacial score (nSPS) is 19.1. The van der Waals surface area contributed by atoms with Crippen LogP contribution in [0.25, 0.3) is 0 Å². The summed E-state index contributed by atoms with van der Waals surface area (Å²) >= 11 is 0. The Bertz CT molecular complexity index is 679. The second-order valence-corrected chi connectivity index (χ2v) is 6.32. The molecule has 0 spiro atoms. The fourth-order valence-electron chi connectivity index (χ4n) is 3.41. The highest BCUT2D eigenvalue weighted by Gasteiger charge is 2.25. The lowest BCUT2D eigenvalue weighted by Gasteiger charge is -2.20. The number of carbonyl (C=O) groups excluding carboxylic acids is 1. The van der Waals surface area contributed by atoms with Crippen LogP contribution in [0, 0.1) is 0 Å². The number of amides is 1. The van der Waals surface area contributed by atoms with Crippen LogP contribution in [0.3, 0.4) is 0 Å². The van der Waals surface area contributed by atoms with E-state index in [0.717, 1.165) is 57.0 Å². The minimum atomic E-state index is 0.232. The zero-order chi connectivity index (χ0) is 15.6. The van der Waals surface area contributed by atoms with Gasteiger partial charge in [-0.2, -0.15) is 0 Å². The number of fused-ring (bicyclic) bond motifs is 1. The molecule has 2 aliphatic rings. The summed E-state index contributed by atoms with van der Waals surface area (Å²) in [5.41, 5.74) is 3.27. The van der Waals surface area contributed by atoms with Crippen molar-refractivity contribution in [1.29, 1.82) is 0 Å². The first-order valence-corrected chi connectivity index (χ1v) is 8.22.